The third-order valence-electron chi connectivity index (χ3n) is 5.29. The highest BCUT2D eigenvalue weighted by Crippen LogP contribution is 2.29. The molecule has 0 saturated carbocycles. The molecule has 0 spiro atoms. The molecule has 0 aliphatic rings. The number of ether oxygens (including phenoxy) is 1. The Bertz CT molecular complexity index is 1330. The normalized spacial score (nSPS) is 13.0. The fourth-order valence-electron chi connectivity index (χ4n) is 3.41. The number of allylic oxidation sites excluding steroid dienone is 2. The zero-order valence-electron chi connectivity index (χ0n) is 19.2. The van der Waals surface area contributed by atoms with Gasteiger partial charge in [-0.2, -0.15) is 18.3 Å². The van der Waals surface area contributed by atoms with Gasteiger partial charge in [0, 0.05) is 36.1 Å². The molecule has 7 nitrogen and oxygen atoms in total. The lowest BCUT2D eigenvalue weighted by molar-refractivity contribution is -0.0878. The SMILES string of the molecule is C=C(/C=C\C(=C)C(F)(F)F)[C@@H](COCCC)NC(=O)c1cc2c(cc1F)nc(N)c1c2cnn1C. The molecule has 3 N–H and O–H groups in total. The number of aromatic nitrogens is 3. The Morgan fingerprint density at radius 2 is 2.00 bits per heavy atom. The molecule has 2 aromatic heterocycles. The van der Waals surface area contributed by atoms with Gasteiger partial charge < -0.3 is 15.8 Å². The molecule has 2 heterocycles. The van der Waals surface area contributed by atoms with Crippen molar-refractivity contribution in [2.75, 3.05) is 18.9 Å². The Hall–Kier alpha value is -3.73. The van der Waals surface area contributed by atoms with E-state index in [1.54, 1.807) is 7.05 Å². The van der Waals surface area contributed by atoms with E-state index in [4.69, 9.17) is 10.5 Å². The molecule has 1 aromatic carbocycles. The number of rotatable bonds is 9. The molecule has 11 heteroatoms. The van der Waals surface area contributed by atoms with Crippen molar-refractivity contribution in [3.63, 3.8) is 0 Å². The van der Waals surface area contributed by atoms with E-state index in [-0.39, 0.29) is 29.1 Å². The van der Waals surface area contributed by atoms with Crippen LogP contribution < -0.4 is 11.1 Å². The Labute approximate surface area is 198 Å². The first kappa shape index (κ1) is 25.9. The smallest absolute Gasteiger partial charge is 0.382 e. The summed E-state index contributed by atoms with van der Waals surface area (Å²) in [6.45, 7) is 8.88. The topological polar surface area (TPSA) is 95.1 Å². The van der Waals surface area contributed by atoms with E-state index in [1.165, 1.54) is 16.9 Å². The third kappa shape index (κ3) is 5.68. The predicted octanol–water partition coefficient (Wildman–Crippen LogP) is 4.60. The van der Waals surface area contributed by atoms with E-state index in [9.17, 15) is 22.4 Å². The van der Waals surface area contributed by atoms with Gasteiger partial charge in [-0.25, -0.2) is 9.37 Å². The highest BCUT2D eigenvalue weighted by Gasteiger charge is 2.30. The molecule has 0 saturated heterocycles. The van der Waals surface area contributed by atoms with Crippen LogP contribution in [0.5, 0.6) is 0 Å². The number of nitrogen functional groups attached to an aromatic ring is 1. The zero-order chi connectivity index (χ0) is 25.9. The number of nitrogens with two attached hydrogens (primary N) is 1. The molecule has 3 aromatic rings. The summed E-state index contributed by atoms with van der Waals surface area (Å²) in [4.78, 5) is 17.2. The lowest BCUT2D eigenvalue weighted by atomic mass is 10.0. The van der Waals surface area contributed by atoms with Gasteiger partial charge in [0.05, 0.1) is 29.9 Å². The summed E-state index contributed by atoms with van der Waals surface area (Å²) >= 11 is 0. The van der Waals surface area contributed by atoms with Gasteiger partial charge in [0.1, 0.15) is 17.2 Å². The first-order valence-corrected chi connectivity index (χ1v) is 10.7. The molecule has 1 amide bonds. The number of halogens is 4. The number of amides is 1. The summed E-state index contributed by atoms with van der Waals surface area (Å²) < 4.78 is 60.1. The highest BCUT2D eigenvalue weighted by molar-refractivity contribution is 6.10. The Morgan fingerprint density at radius 3 is 2.66 bits per heavy atom. The van der Waals surface area contributed by atoms with Crippen molar-refractivity contribution in [3.05, 3.63) is 66.2 Å². The lowest BCUT2D eigenvalue weighted by Gasteiger charge is -2.20. The molecular weight excluding hydrogens is 466 g/mol. The molecule has 35 heavy (non-hydrogen) atoms. The standard InChI is InChI=1S/C24H25F4N5O2/c1-5-8-35-12-20(13(2)6-7-14(3)24(26,27)28)32-23(34)16-9-15-17-11-30-33(4)21(17)22(29)31-19(15)10-18(16)25/h6-7,9-11,20H,2-3,5,8,12H2,1,4H3,(H2,29,31)(H,32,34)/b7-6-/t20-/m1/s1. The summed E-state index contributed by atoms with van der Waals surface area (Å²) in [5, 5.41) is 7.79. The van der Waals surface area contributed by atoms with Gasteiger partial charge in [-0.1, -0.05) is 32.2 Å². The number of pyridine rings is 1. The van der Waals surface area contributed by atoms with Gasteiger partial charge in [-0.05, 0) is 18.1 Å². The van der Waals surface area contributed by atoms with Crippen LogP contribution in [0.3, 0.4) is 0 Å². The van der Waals surface area contributed by atoms with Crippen LogP contribution in [-0.2, 0) is 11.8 Å². The van der Waals surface area contributed by atoms with E-state index in [2.05, 4.69) is 28.6 Å². The highest BCUT2D eigenvalue weighted by atomic mass is 19.4. The van der Waals surface area contributed by atoms with Gasteiger partial charge in [0.2, 0.25) is 0 Å². The zero-order valence-corrected chi connectivity index (χ0v) is 19.2. The molecular formula is C24H25F4N5O2. The number of nitrogens with zero attached hydrogens (tertiary/aromatic N) is 3. The van der Waals surface area contributed by atoms with Crippen molar-refractivity contribution >= 4 is 33.5 Å². The first-order valence-electron chi connectivity index (χ1n) is 10.7. The predicted molar refractivity (Wildman–Crippen MR) is 126 cm³/mol. The van der Waals surface area contributed by atoms with Crippen LogP contribution in [0.2, 0.25) is 0 Å². The number of benzene rings is 1. The van der Waals surface area contributed by atoms with Crippen LogP contribution in [0, 0.1) is 5.82 Å². The van der Waals surface area contributed by atoms with Gasteiger partial charge >= 0.3 is 6.18 Å². The summed E-state index contributed by atoms with van der Waals surface area (Å²) in [6, 6.07) is 1.52. The summed E-state index contributed by atoms with van der Waals surface area (Å²) in [6.07, 6.45) is -0.523. The monoisotopic (exact) mass is 491 g/mol. The maximum absolute atomic E-state index is 14.9. The number of hydrogen-bond acceptors (Lipinski definition) is 5. The molecule has 0 fully saturated rings. The summed E-state index contributed by atoms with van der Waals surface area (Å²) in [7, 11) is 1.68. The number of hydrogen-bond donors (Lipinski definition) is 2. The van der Waals surface area contributed by atoms with Crippen LogP contribution in [0.15, 0.2) is 54.8 Å². The van der Waals surface area contributed by atoms with E-state index in [0.717, 1.165) is 18.2 Å². The van der Waals surface area contributed by atoms with Gasteiger partial charge in [0.15, 0.2) is 0 Å². The Morgan fingerprint density at radius 1 is 1.29 bits per heavy atom. The van der Waals surface area contributed by atoms with E-state index >= 15 is 0 Å². The lowest BCUT2D eigenvalue weighted by Crippen LogP contribution is -2.39. The number of alkyl halides is 3. The van der Waals surface area contributed by atoms with Crippen molar-refractivity contribution in [2.45, 2.75) is 25.6 Å². The van der Waals surface area contributed by atoms with Crippen molar-refractivity contribution in [2.24, 2.45) is 7.05 Å². The maximum atomic E-state index is 14.9. The molecule has 1 atom stereocenters. The fourth-order valence-corrected chi connectivity index (χ4v) is 3.41. The number of carbonyl (C=O) groups is 1. The average molecular weight is 491 g/mol. The van der Waals surface area contributed by atoms with Crippen molar-refractivity contribution in [1.29, 1.82) is 0 Å². The second-order valence-corrected chi connectivity index (χ2v) is 7.91. The van der Waals surface area contributed by atoms with E-state index in [0.29, 0.717) is 29.3 Å². The van der Waals surface area contributed by atoms with Crippen LogP contribution in [-0.4, -0.2) is 46.1 Å². The minimum absolute atomic E-state index is 0.0681. The molecule has 3 rings (SSSR count). The van der Waals surface area contributed by atoms with Gasteiger partial charge in [0.25, 0.3) is 5.91 Å². The Kier molecular flexibility index (Phi) is 7.59. The molecule has 0 aliphatic heterocycles. The Balaban J connectivity index is 1.93. The number of fused-ring (bicyclic) bond motifs is 3. The first-order chi connectivity index (χ1) is 16.4. The number of carbonyl (C=O) groups excluding carboxylic acids is 1. The molecule has 0 bridgehead atoms. The molecule has 0 unspecified atom stereocenters. The van der Waals surface area contributed by atoms with Crippen LogP contribution in [0.1, 0.15) is 23.7 Å². The molecule has 0 aliphatic carbocycles. The number of aryl methyl sites for hydroxylation is 1. The minimum Gasteiger partial charge on any atom is -0.382 e. The minimum atomic E-state index is -4.60. The van der Waals surface area contributed by atoms with Crippen LogP contribution in [0.4, 0.5) is 23.4 Å². The quantitative estimate of drug-likeness (QED) is 0.259. The molecule has 0 radical (unpaired) electrons. The van der Waals surface area contributed by atoms with Gasteiger partial charge in [-0.15, -0.1) is 0 Å². The van der Waals surface area contributed by atoms with Gasteiger partial charge in [-0.3, -0.25) is 9.48 Å². The maximum Gasteiger partial charge on any atom is 0.415 e. The fraction of sp³-hybridized carbons (Fsp3) is 0.292. The van der Waals surface area contributed by atoms with Crippen LogP contribution in [0.25, 0.3) is 21.8 Å². The van der Waals surface area contributed by atoms with E-state index < -0.39 is 29.5 Å². The van der Waals surface area contributed by atoms with Crippen molar-refractivity contribution < 1.29 is 27.1 Å². The molecule has 186 valence electrons. The summed E-state index contributed by atoms with van der Waals surface area (Å²) in [5.41, 5.74) is 5.52. The second kappa shape index (κ2) is 10.3. The second-order valence-electron chi connectivity index (χ2n) is 7.91. The van der Waals surface area contributed by atoms with Crippen LogP contribution >= 0.6 is 0 Å². The van der Waals surface area contributed by atoms with Crippen molar-refractivity contribution in [3.8, 4) is 0 Å². The third-order valence-corrected chi connectivity index (χ3v) is 5.29. The summed E-state index contributed by atoms with van der Waals surface area (Å²) in [5.74, 6) is -1.47. The number of nitrogens with one attached hydrogen (secondary N) is 1. The number of anilines is 1. The largest absolute Gasteiger partial charge is 0.415 e. The van der Waals surface area contributed by atoms with Crippen molar-refractivity contribution in [1.82, 2.24) is 20.1 Å². The average Bonchev–Trinajstić information content (AvgIpc) is 3.17. The van der Waals surface area contributed by atoms with E-state index in [1.807, 2.05) is 6.92 Å².